The Kier molecular flexibility index (Phi) is 2.86. The third kappa shape index (κ3) is 2.23. The van der Waals surface area contributed by atoms with Crippen molar-refractivity contribution < 1.29 is 0 Å². The lowest BCUT2D eigenvalue weighted by molar-refractivity contribution is 0.691. The minimum Gasteiger partial charge on any atom is -0.348 e. The first kappa shape index (κ1) is 10.5. The van der Waals surface area contributed by atoms with Crippen LogP contribution in [0.25, 0.3) is 0 Å². The lowest BCUT2D eigenvalue weighted by Gasteiger charge is -2.12. The van der Waals surface area contributed by atoms with E-state index in [2.05, 4.69) is 17.1 Å². The van der Waals surface area contributed by atoms with Gasteiger partial charge in [-0.3, -0.25) is 0 Å². The first-order chi connectivity index (χ1) is 7.83. The largest absolute Gasteiger partial charge is 0.348 e. The Hall–Kier alpha value is -0.610. The van der Waals surface area contributed by atoms with Crippen LogP contribution < -0.4 is 10.2 Å². The van der Waals surface area contributed by atoms with Crippen molar-refractivity contribution in [3.05, 3.63) is 10.6 Å². The fraction of sp³-hybridized carbons (Fsp3) is 0.750. The highest BCUT2D eigenvalue weighted by molar-refractivity contribution is 7.15. The van der Waals surface area contributed by atoms with Gasteiger partial charge < -0.3 is 10.2 Å². The quantitative estimate of drug-likeness (QED) is 0.871. The topological polar surface area (TPSA) is 28.2 Å². The third-order valence-corrected chi connectivity index (χ3v) is 4.60. The van der Waals surface area contributed by atoms with Crippen LogP contribution in [0.2, 0.25) is 0 Å². The van der Waals surface area contributed by atoms with E-state index in [4.69, 9.17) is 4.98 Å². The highest BCUT2D eigenvalue weighted by Gasteiger charge is 2.22. The minimum atomic E-state index is 0.789. The van der Waals surface area contributed by atoms with Crippen LogP contribution in [-0.4, -0.2) is 24.1 Å². The van der Waals surface area contributed by atoms with Crippen molar-refractivity contribution in [2.75, 3.05) is 18.0 Å². The van der Waals surface area contributed by atoms with Gasteiger partial charge in [0.05, 0.1) is 5.69 Å². The predicted molar refractivity (Wildman–Crippen MR) is 68.2 cm³/mol. The van der Waals surface area contributed by atoms with Crippen LogP contribution in [0, 0.1) is 6.92 Å². The van der Waals surface area contributed by atoms with Gasteiger partial charge in [0.25, 0.3) is 0 Å². The minimum absolute atomic E-state index is 0.789. The molecule has 3 rings (SSSR count). The molecule has 0 unspecified atom stereocenters. The molecule has 0 radical (unpaired) electrons. The first-order valence-electron chi connectivity index (χ1n) is 6.27. The van der Waals surface area contributed by atoms with Gasteiger partial charge in [-0.05, 0) is 32.6 Å². The highest BCUT2D eigenvalue weighted by atomic mass is 32.1. The molecule has 0 bridgehead atoms. The van der Waals surface area contributed by atoms with Gasteiger partial charge in [-0.25, -0.2) is 4.98 Å². The molecule has 16 heavy (non-hydrogen) atoms. The maximum Gasteiger partial charge on any atom is 0.185 e. The summed E-state index contributed by atoms with van der Waals surface area (Å²) >= 11 is 1.88. The molecule has 88 valence electrons. The van der Waals surface area contributed by atoms with Crippen LogP contribution in [0.5, 0.6) is 0 Å². The van der Waals surface area contributed by atoms with Gasteiger partial charge in [0.15, 0.2) is 5.13 Å². The number of hydrogen-bond donors (Lipinski definition) is 1. The molecule has 0 aromatic carbocycles. The molecule has 4 heteroatoms. The third-order valence-electron chi connectivity index (χ3n) is 3.39. The van der Waals surface area contributed by atoms with Crippen molar-refractivity contribution in [1.82, 2.24) is 10.3 Å². The molecule has 1 aromatic rings. The Morgan fingerprint density at radius 1 is 1.38 bits per heavy atom. The molecular formula is C12H19N3S. The van der Waals surface area contributed by atoms with Gasteiger partial charge in [-0.1, -0.05) is 0 Å². The number of nitrogens with one attached hydrogen (secondary N) is 1. The van der Waals surface area contributed by atoms with E-state index in [1.807, 2.05) is 11.3 Å². The van der Waals surface area contributed by atoms with Crippen molar-refractivity contribution in [3.63, 3.8) is 0 Å². The van der Waals surface area contributed by atoms with Crippen molar-refractivity contribution in [2.45, 2.75) is 45.2 Å². The van der Waals surface area contributed by atoms with Crippen molar-refractivity contribution >= 4 is 16.5 Å². The van der Waals surface area contributed by atoms with E-state index in [1.165, 1.54) is 54.5 Å². The summed E-state index contributed by atoms with van der Waals surface area (Å²) in [7, 11) is 0. The van der Waals surface area contributed by atoms with Crippen molar-refractivity contribution in [1.29, 1.82) is 0 Å². The predicted octanol–water partition coefficient (Wildman–Crippen LogP) is 2.30. The van der Waals surface area contributed by atoms with Crippen LogP contribution in [0.1, 0.15) is 36.3 Å². The molecule has 2 fully saturated rings. The van der Waals surface area contributed by atoms with E-state index in [0.717, 1.165) is 12.6 Å². The van der Waals surface area contributed by atoms with Crippen molar-refractivity contribution in [3.8, 4) is 0 Å². The van der Waals surface area contributed by atoms with Gasteiger partial charge >= 0.3 is 0 Å². The zero-order valence-electron chi connectivity index (χ0n) is 9.83. The maximum atomic E-state index is 4.70. The van der Waals surface area contributed by atoms with Gasteiger partial charge in [-0.15, -0.1) is 11.3 Å². The number of anilines is 1. The highest BCUT2D eigenvalue weighted by Crippen LogP contribution is 2.29. The number of thiazole rings is 1. The molecule has 1 aliphatic heterocycles. The summed E-state index contributed by atoms with van der Waals surface area (Å²) in [6.45, 7) is 5.55. The molecule has 2 heterocycles. The van der Waals surface area contributed by atoms with Gasteiger partial charge in [0, 0.05) is 30.6 Å². The number of hydrogen-bond acceptors (Lipinski definition) is 4. The summed E-state index contributed by atoms with van der Waals surface area (Å²) in [5.74, 6) is 0. The Morgan fingerprint density at radius 3 is 2.81 bits per heavy atom. The maximum absolute atomic E-state index is 4.70. The van der Waals surface area contributed by atoms with Gasteiger partial charge in [0.2, 0.25) is 0 Å². The molecule has 2 aliphatic rings. The molecule has 0 atom stereocenters. The van der Waals surface area contributed by atoms with Crippen LogP contribution in [0.4, 0.5) is 5.13 Å². The summed E-state index contributed by atoms with van der Waals surface area (Å²) in [6, 6.07) is 0.789. The molecule has 0 spiro atoms. The van der Waals surface area contributed by atoms with E-state index in [9.17, 15) is 0 Å². The summed E-state index contributed by atoms with van der Waals surface area (Å²) in [4.78, 5) is 8.55. The average Bonchev–Trinajstić information content (AvgIpc) is 2.80. The van der Waals surface area contributed by atoms with Crippen LogP contribution in [0.3, 0.4) is 0 Å². The molecule has 1 saturated carbocycles. The average molecular weight is 237 g/mol. The molecule has 1 aliphatic carbocycles. The fourth-order valence-corrected chi connectivity index (χ4v) is 3.21. The summed E-state index contributed by atoms with van der Waals surface area (Å²) < 4.78 is 0. The summed E-state index contributed by atoms with van der Waals surface area (Å²) in [5.41, 5.74) is 1.22. The summed E-state index contributed by atoms with van der Waals surface area (Å²) in [6.07, 6.45) is 5.37. The van der Waals surface area contributed by atoms with Gasteiger partial charge in [-0.2, -0.15) is 0 Å². The Balaban J connectivity index is 1.67. The second-order valence-corrected chi connectivity index (χ2v) is 5.92. The molecule has 3 nitrogen and oxygen atoms in total. The van der Waals surface area contributed by atoms with Crippen LogP contribution in [-0.2, 0) is 6.54 Å². The molecule has 1 aromatic heterocycles. The monoisotopic (exact) mass is 237 g/mol. The first-order valence-corrected chi connectivity index (χ1v) is 7.09. The molecular weight excluding hydrogens is 218 g/mol. The zero-order chi connectivity index (χ0) is 11.0. The number of aryl methyl sites for hydroxylation is 1. The Labute approximate surface area is 101 Å². The Bertz CT molecular complexity index is 364. The lowest BCUT2D eigenvalue weighted by Crippen LogP contribution is -2.17. The van der Waals surface area contributed by atoms with E-state index >= 15 is 0 Å². The zero-order valence-corrected chi connectivity index (χ0v) is 10.6. The van der Waals surface area contributed by atoms with E-state index in [1.54, 1.807) is 0 Å². The lowest BCUT2D eigenvalue weighted by atomic mass is 10.4. The molecule has 1 saturated heterocycles. The van der Waals surface area contributed by atoms with Gasteiger partial charge in [0.1, 0.15) is 0 Å². The number of aromatic nitrogens is 1. The number of nitrogens with zero attached hydrogens (tertiary/aromatic N) is 2. The molecule has 1 N–H and O–H groups in total. The Morgan fingerprint density at radius 2 is 2.12 bits per heavy atom. The second kappa shape index (κ2) is 4.34. The fourth-order valence-electron chi connectivity index (χ4n) is 2.14. The van der Waals surface area contributed by atoms with E-state index in [0.29, 0.717) is 0 Å². The van der Waals surface area contributed by atoms with Crippen LogP contribution >= 0.6 is 11.3 Å². The smallest absolute Gasteiger partial charge is 0.185 e. The van der Waals surface area contributed by atoms with Crippen LogP contribution in [0.15, 0.2) is 0 Å². The SMILES string of the molecule is Cc1nc(N2CCCC2)sc1CNC1CC1. The summed E-state index contributed by atoms with van der Waals surface area (Å²) in [5, 5.41) is 4.81. The normalized spacial score (nSPS) is 20.7. The van der Waals surface area contributed by atoms with Crippen molar-refractivity contribution in [2.24, 2.45) is 0 Å². The standard InChI is InChI=1S/C12H19N3S/c1-9-11(8-13-10-4-5-10)16-12(14-9)15-6-2-3-7-15/h10,13H,2-8H2,1H3. The second-order valence-electron chi connectivity index (χ2n) is 4.85. The van der Waals surface area contributed by atoms with E-state index in [-0.39, 0.29) is 0 Å². The van der Waals surface area contributed by atoms with E-state index < -0.39 is 0 Å². The molecule has 0 amide bonds. The number of rotatable bonds is 4.